The molecule has 0 unspecified atom stereocenters. The second kappa shape index (κ2) is 7.30. The van der Waals surface area contributed by atoms with Crippen LogP contribution in [0.15, 0.2) is 42.5 Å². The zero-order chi connectivity index (χ0) is 17.8. The predicted molar refractivity (Wildman–Crippen MR) is 97.6 cm³/mol. The monoisotopic (exact) mass is 335 g/mol. The number of hydrogen-bond acceptors (Lipinski definition) is 5. The Morgan fingerprint density at radius 1 is 0.880 bits per heavy atom. The minimum Gasteiger partial charge on any atom is -0.494 e. The Balaban J connectivity index is 2.00. The number of rotatable bonds is 5. The van der Waals surface area contributed by atoms with Gasteiger partial charge < -0.3 is 9.84 Å². The fraction of sp³-hybridized carbons (Fsp3) is 0.250. The Morgan fingerprint density at radius 3 is 2.16 bits per heavy atom. The molecule has 2 aromatic carbocycles. The molecule has 0 aliphatic carbocycles. The van der Waals surface area contributed by atoms with Gasteiger partial charge in [0.2, 0.25) is 0 Å². The predicted octanol–water partition coefficient (Wildman–Crippen LogP) is 4.32. The van der Waals surface area contributed by atoms with E-state index in [1.807, 2.05) is 56.3 Å². The van der Waals surface area contributed by atoms with Crippen LogP contribution in [-0.4, -0.2) is 26.7 Å². The number of hydrogen-bond donors (Lipinski definition) is 1. The van der Waals surface area contributed by atoms with Crippen molar-refractivity contribution >= 4 is 0 Å². The molecule has 0 radical (unpaired) electrons. The van der Waals surface area contributed by atoms with Crippen LogP contribution in [0, 0.1) is 13.8 Å². The summed E-state index contributed by atoms with van der Waals surface area (Å²) >= 11 is 0. The van der Waals surface area contributed by atoms with Crippen molar-refractivity contribution in [3.63, 3.8) is 0 Å². The minimum atomic E-state index is -0.283. The summed E-state index contributed by atoms with van der Waals surface area (Å²) < 4.78 is 5.59. The van der Waals surface area contributed by atoms with Crippen LogP contribution in [-0.2, 0) is 0 Å². The van der Waals surface area contributed by atoms with E-state index in [-0.39, 0.29) is 6.01 Å². The quantitative estimate of drug-likeness (QED) is 0.752. The average molecular weight is 335 g/mol. The van der Waals surface area contributed by atoms with E-state index in [4.69, 9.17) is 4.74 Å². The Hall–Kier alpha value is -2.95. The van der Waals surface area contributed by atoms with Crippen molar-refractivity contribution in [2.75, 3.05) is 6.61 Å². The summed E-state index contributed by atoms with van der Waals surface area (Å²) in [7, 11) is 0. The van der Waals surface area contributed by atoms with Crippen LogP contribution in [0.1, 0.15) is 24.5 Å². The van der Waals surface area contributed by atoms with Crippen LogP contribution in [0.3, 0.4) is 0 Å². The molecule has 1 aromatic heterocycles. The highest BCUT2D eigenvalue weighted by molar-refractivity contribution is 5.67. The molecule has 1 heterocycles. The van der Waals surface area contributed by atoms with Gasteiger partial charge in [0, 0.05) is 11.1 Å². The van der Waals surface area contributed by atoms with Crippen molar-refractivity contribution in [1.82, 2.24) is 15.0 Å². The van der Waals surface area contributed by atoms with Crippen LogP contribution in [0.4, 0.5) is 0 Å². The average Bonchev–Trinajstić information content (AvgIpc) is 2.60. The number of benzene rings is 2. The summed E-state index contributed by atoms with van der Waals surface area (Å²) in [5.41, 5.74) is 3.83. The fourth-order valence-corrected chi connectivity index (χ4v) is 2.69. The Labute approximate surface area is 147 Å². The smallest absolute Gasteiger partial charge is 0.318 e. The van der Waals surface area contributed by atoms with Crippen molar-refractivity contribution in [2.24, 2.45) is 0 Å². The standard InChI is InChI=1S/C20H21N3O2/c1-4-12-25-16-10-8-15(9-11-16)18-21-19(23-20(24)22-18)17-13(2)6-5-7-14(17)3/h5-11H,4,12H2,1-3H3,(H,21,22,23,24). The van der Waals surface area contributed by atoms with E-state index in [1.165, 1.54) is 0 Å². The number of aromatic hydroxyl groups is 1. The van der Waals surface area contributed by atoms with Gasteiger partial charge in [-0.3, -0.25) is 0 Å². The molecule has 0 amide bonds. The van der Waals surface area contributed by atoms with Crippen LogP contribution in [0.25, 0.3) is 22.8 Å². The summed E-state index contributed by atoms with van der Waals surface area (Å²) in [6.45, 7) is 6.76. The minimum absolute atomic E-state index is 0.283. The van der Waals surface area contributed by atoms with Gasteiger partial charge in [0.25, 0.3) is 0 Å². The number of ether oxygens (including phenoxy) is 1. The first-order valence-electron chi connectivity index (χ1n) is 8.33. The van der Waals surface area contributed by atoms with E-state index in [1.54, 1.807) is 0 Å². The highest BCUT2D eigenvalue weighted by atomic mass is 16.5. The van der Waals surface area contributed by atoms with Gasteiger partial charge in [0.05, 0.1) is 6.61 Å². The van der Waals surface area contributed by atoms with Crippen molar-refractivity contribution in [2.45, 2.75) is 27.2 Å². The molecule has 0 aliphatic rings. The summed E-state index contributed by atoms with van der Waals surface area (Å²) in [6, 6.07) is 13.2. The lowest BCUT2D eigenvalue weighted by atomic mass is 10.0. The molecule has 0 bridgehead atoms. The molecule has 128 valence electrons. The van der Waals surface area contributed by atoms with Gasteiger partial charge in [-0.25, -0.2) is 4.98 Å². The van der Waals surface area contributed by atoms with Gasteiger partial charge >= 0.3 is 6.01 Å². The molecule has 0 saturated heterocycles. The van der Waals surface area contributed by atoms with Gasteiger partial charge in [-0.05, 0) is 55.7 Å². The summed E-state index contributed by atoms with van der Waals surface area (Å²) in [5.74, 6) is 1.72. The van der Waals surface area contributed by atoms with Crippen LogP contribution in [0.2, 0.25) is 0 Å². The molecular formula is C20H21N3O2. The first kappa shape index (κ1) is 16.9. The van der Waals surface area contributed by atoms with Gasteiger partial charge in [-0.2, -0.15) is 9.97 Å². The normalized spacial score (nSPS) is 10.7. The lowest BCUT2D eigenvalue weighted by Gasteiger charge is -2.10. The number of aromatic nitrogens is 3. The third kappa shape index (κ3) is 3.76. The van der Waals surface area contributed by atoms with Crippen LogP contribution >= 0.6 is 0 Å². The lowest BCUT2D eigenvalue weighted by molar-refractivity contribution is 0.317. The molecule has 0 spiro atoms. The maximum absolute atomic E-state index is 9.98. The van der Waals surface area contributed by atoms with Crippen LogP contribution in [0.5, 0.6) is 11.8 Å². The molecule has 5 nitrogen and oxygen atoms in total. The second-order valence-corrected chi connectivity index (χ2v) is 5.92. The lowest BCUT2D eigenvalue weighted by Crippen LogP contribution is -1.99. The third-order valence-corrected chi connectivity index (χ3v) is 3.91. The van der Waals surface area contributed by atoms with Gasteiger partial charge in [-0.1, -0.05) is 25.1 Å². The van der Waals surface area contributed by atoms with Crippen molar-refractivity contribution < 1.29 is 9.84 Å². The van der Waals surface area contributed by atoms with Crippen molar-refractivity contribution in [3.8, 4) is 34.5 Å². The summed E-state index contributed by atoms with van der Waals surface area (Å²) in [4.78, 5) is 12.8. The fourth-order valence-electron chi connectivity index (χ4n) is 2.69. The van der Waals surface area contributed by atoms with Crippen molar-refractivity contribution in [1.29, 1.82) is 0 Å². The van der Waals surface area contributed by atoms with Gasteiger partial charge in [0.15, 0.2) is 11.6 Å². The van der Waals surface area contributed by atoms with Gasteiger partial charge in [-0.15, -0.1) is 0 Å². The third-order valence-electron chi connectivity index (χ3n) is 3.91. The van der Waals surface area contributed by atoms with Crippen LogP contribution < -0.4 is 4.74 Å². The van der Waals surface area contributed by atoms with E-state index in [2.05, 4.69) is 21.9 Å². The van der Waals surface area contributed by atoms with E-state index in [0.29, 0.717) is 18.3 Å². The first-order valence-corrected chi connectivity index (χ1v) is 8.33. The van der Waals surface area contributed by atoms with Gasteiger partial charge in [0.1, 0.15) is 5.75 Å². The number of nitrogens with zero attached hydrogens (tertiary/aromatic N) is 3. The largest absolute Gasteiger partial charge is 0.494 e. The topological polar surface area (TPSA) is 68.1 Å². The zero-order valence-electron chi connectivity index (χ0n) is 14.7. The maximum Gasteiger partial charge on any atom is 0.318 e. The van der Waals surface area contributed by atoms with E-state index < -0.39 is 0 Å². The molecule has 0 fully saturated rings. The molecule has 1 N–H and O–H groups in total. The van der Waals surface area contributed by atoms with E-state index in [0.717, 1.165) is 34.4 Å². The second-order valence-electron chi connectivity index (χ2n) is 5.92. The Bertz CT molecular complexity index is 856. The number of aryl methyl sites for hydroxylation is 2. The Morgan fingerprint density at radius 2 is 1.52 bits per heavy atom. The van der Waals surface area contributed by atoms with E-state index >= 15 is 0 Å². The Kier molecular flexibility index (Phi) is 4.93. The highest BCUT2D eigenvalue weighted by Gasteiger charge is 2.13. The van der Waals surface area contributed by atoms with Crippen molar-refractivity contribution in [3.05, 3.63) is 53.6 Å². The molecule has 0 aliphatic heterocycles. The maximum atomic E-state index is 9.98. The zero-order valence-corrected chi connectivity index (χ0v) is 14.7. The first-order chi connectivity index (χ1) is 12.1. The molecule has 3 rings (SSSR count). The van der Waals surface area contributed by atoms with E-state index in [9.17, 15) is 5.11 Å². The molecule has 5 heteroatoms. The highest BCUT2D eigenvalue weighted by Crippen LogP contribution is 2.27. The molecule has 0 atom stereocenters. The molecular weight excluding hydrogens is 314 g/mol. The summed E-state index contributed by atoms with van der Waals surface area (Å²) in [5, 5.41) is 9.98. The molecule has 3 aromatic rings. The molecule has 25 heavy (non-hydrogen) atoms. The molecule has 0 saturated carbocycles. The summed E-state index contributed by atoms with van der Waals surface area (Å²) in [6.07, 6.45) is 0.961. The SMILES string of the molecule is CCCOc1ccc(-c2nc(O)nc(-c3c(C)cccc3C)n2)cc1.